The van der Waals surface area contributed by atoms with E-state index in [0.717, 1.165) is 30.0 Å². The Morgan fingerprint density at radius 3 is 2.71 bits per heavy atom. The number of carbonyl (C=O) groups is 1. The maximum Gasteiger partial charge on any atom is 0.272 e. The molecule has 8 nitrogen and oxygen atoms in total. The van der Waals surface area contributed by atoms with E-state index in [0.29, 0.717) is 30.9 Å². The molecule has 0 saturated heterocycles. The van der Waals surface area contributed by atoms with Crippen molar-refractivity contribution in [2.75, 3.05) is 13.6 Å². The number of carbonyl (C=O) groups excluding carboxylic acids is 1. The molecular formula is C23H24F2N6O2S. The Labute approximate surface area is 200 Å². The molecule has 11 heteroatoms. The molecule has 0 aromatic heterocycles. The summed E-state index contributed by atoms with van der Waals surface area (Å²) in [5.74, 6) is -1.68. The van der Waals surface area contributed by atoms with Crippen LogP contribution in [0, 0.1) is 23.1 Å². The van der Waals surface area contributed by atoms with Gasteiger partial charge in [-0.3, -0.25) is 15.1 Å². The van der Waals surface area contributed by atoms with Gasteiger partial charge in [-0.2, -0.15) is 10.4 Å². The van der Waals surface area contributed by atoms with E-state index in [-0.39, 0.29) is 10.6 Å². The quantitative estimate of drug-likeness (QED) is 0.182. The summed E-state index contributed by atoms with van der Waals surface area (Å²) < 4.78 is 28.5. The first kappa shape index (κ1) is 25.1. The highest BCUT2D eigenvalue weighted by atomic mass is 32.2. The smallest absolute Gasteiger partial charge is 0.272 e. The van der Waals surface area contributed by atoms with Crippen LogP contribution in [-0.4, -0.2) is 46.7 Å². The standard InChI is InChI=1S/C23H24F2N6O2S/c1-15(32)21(33)31-23(16-7-4-3-5-8-16,11-6-12-28-22(27-2)29-14-26)34-20(30-31)18-13-17(24)9-10-19(18)25/h3-5,7-10,13,15,32H,6,11-12H2,1-2H3,(H2,27,28,29)/t15-,23?/m0/s1. The van der Waals surface area contributed by atoms with Gasteiger partial charge in [0.05, 0.1) is 0 Å². The molecule has 2 atom stereocenters. The van der Waals surface area contributed by atoms with Gasteiger partial charge in [-0.05, 0) is 43.5 Å². The third kappa shape index (κ3) is 5.35. The number of aliphatic imine (C=N–C) groups is 1. The van der Waals surface area contributed by atoms with Gasteiger partial charge in [-0.15, -0.1) is 0 Å². The number of nitriles is 1. The molecule has 1 amide bonds. The zero-order valence-corrected chi connectivity index (χ0v) is 19.4. The Hall–Kier alpha value is -3.49. The molecule has 1 unspecified atom stereocenters. The van der Waals surface area contributed by atoms with E-state index in [1.807, 2.05) is 18.2 Å². The number of nitrogens with zero attached hydrogens (tertiary/aromatic N) is 4. The summed E-state index contributed by atoms with van der Waals surface area (Å²) in [5.41, 5.74) is 0.645. The number of guanidine groups is 1. The molecule has 0 aliphatic carbocycles. The molecule has 0 saturated carbocycles. The Balaban J connectivity index is 2.00. The number of aliphatic hydroxyl groups is 1. The fourth-order valence-electron chi connectivity index (χ4n) is 3.52. The number of rotatable bonds is 7. The first-order valence-electron chi connectivity index (χ1n) is 10.5. The average molecular weight is 487 g/mol. The van der Waals surface area contributed by atoms with Gasteiger partial charge in [-0.1, -0.05) is 42.1 Å². The van der Waals surface area contributed by atoms with Crippen LogP contribution in [0.1, 0.15) is 30.9 Å². The number of aliphatic hydroxyl groups excluding tert-OH is 1. The number of thioether (sulfide) groups is 1. The van der Waals surface area contributed by atoms with Crippen molar-refractivity contribution in [2.24, 2.45) is 10.1 Å². The third-order valence-corrected chi connectivity index (χ3v) is 6.58. The van der Waals surface area contributed by atoms with Gasteiger partial charge < -0.3 is 10.4 Å². The predicted molar refractivity (Wildman–Crippen MR) is 126 cm³/mol. The topological polar surface area (TPSA) is 113 Å². The van der Waals surface area contributed by atoms with Crippen molar-refractivity contribution in [3.05, 3.63) is 71.3 Å². The average Bonchev–Trinajstić information content (AvgIpc) is 3.23. The minimum absolute atomic E-state index is 0.0667. The van der Waals surface area contributed by atoms with E-state index in [9.17, 15) is 18.7 Å². The van der Waals surface area contributed by atoms with Gasteiger partial charge in [0, 0.05) is 19.2 Å². The molecule has 1 aliphatic heterocycles. The zero-order valence-electron chi connectivity index (χ0n) is 18.6. The van der Waals surface area contributed by atoms with Crippen molar-refractivity contribution >= 4 is 28.7 Å². The molecule has 1 aliphatic rings. The van der Waals surface area contributed by atoms with Gasteiger partial charge >= 0.3 is 0 Å². The van der Waals surface area contributed by atoms with Crippen LogP contribution in [0.5, 0.6) is 0 Å². The van der Waals surface area contributed by atoms with Crippen molar-refractivity contribution in [3.8, 4) is 6.19 Å². The molecule has 2 aromatic carbocycles. The second kappa shape index (κ2) is 11.1. The van der Waals surface area contributed by atoms with E-state index in [4.69, 9.17) is 5.26 Å². The number of hydrogen-bond acceptors (Lipinski definition) is 6. The first-order valence-corrected chi connectivity index (χ1v) is 11.3. The zero-order chi connectivity index (χ0) is 24.7. The third-order valence-electron chi connectivity index (χ3n) is 5.13. The lowest BCUT2D eigenvalue weighted by Gasteiger charge is -2.36. The van der Waals surface area contributed by atoms with Crippen LogP contribution in [0.25, 0.3) is 0 Å². The Morgan fingerprint density at radius 1 is 1.32 bits per heavy atom. The largest absolute Gasteiger partial charge is 0.383 e. The normalized spacial score (nSPS) is 18.8. The maximum atomic E-state index is 14.6. The monoisotopic (exact) mass is 486 g/mol. The molecule has 1 heterocycles. The highest BCUT2D eigenvalue weighted by Crippen LogP contribution is 2.50. The van der Waals surface area contributed by atoms with Crippen LogP contribution >= 0.6 is 11.8 Å². The highest BCUT2D eigenvalue weighted by molar-refractivity contribution is 8.15. The SMILES string of the molecule is CN=C(NC#N)NCCCC1(c2ccccc2)SC(c2cc(F)ccc2F)=NN1C(=O)[C@H](C)O. The number of halogens is 2. The molecule has 34 heavy (non-hydrogen) atoms. The van der Waals surface area contributed by atoms with Crippen LogP contribution in [-0.2, 0) is 9.67 Å². The fourth-order valence-corrected chi connectivity index (χ4v) is 4.94. The van der Waals surface area contributed by atoms with Crippen LogP contribution in [0.4, 0.5) is 8.78 Å². The molecule has 3 rings (SSSR count). The molecular weight excluding hydrogens is 462 g/mol. The fraction of sp³-hybridized carbons (Fsp3) is 0.304. The lowest BCUT2D eigenvalue weighted by Crippen LogP contribution is -2.45. The summed E-state index contributed by atoms with van der Waals surface area (Å²) in [5, 5.41) is 30.0. The minimum atomic E-state index is -1.36. The lowest BCUT2D eigenvalue weighted by atomic mass is 9.99. The molecule has 3 N–H and O–H groups in total. The van der Waals surface area contributed by atoms with Gasteiger partial charge in [0.1, 0.15) is 27.7 Å². The van der Waals surface area contributed by atoms with E-state index in [1.54, 1.807) is 18.3 Å². The predicted octanol–water partition coefficient (Wildman–Crippen LogP) is 2.86. The van der Waals surface area contributed by atoms with Crippen LogP contribution in [0.15, 0.2) is 58.6 Å². The van der Waals surface area contributed by atoms with Gasteiger partial charge in [-0.25, -0.2) is 13.8 Å². The minimum Gasteiger partial charge on any atom is -0.383 e. The maximum absolute atomic E-state index is 14.6. The highest BCUT2D eigenvalue weighted by Gasteiger charge is 2.49. The summed E-state index contributed by atoms with van der Waals surface area (Å²) in [6, 6.07) is 12.1. The summed E-state index contributed by atoms with van der Waals surface area (Å²) in [7, 11) is 1.53. The van der Waals surface area contributed by atoms with Crippen LogP contribution in [0.2, 0.25) is 0 Å². The summed E-state index contributed by atoms with van der Waals surface area (Å²) in [6.45, 7) is 1.73. The second-order valence-electron chi connectivity index (χ2n) is 7.45. The Kier molecular flexibility index (Phi) is 8.20. The van der Waals surface area contributed by atoms with E-state index in [2.05, 4.69) is 20.7 Å². The van der Waals surface area contributed by atoms with Gasteiger partial charge in [0.2, 0.25) is 5.96 Å². The number of hydrogen-bond donors (Lipinski definition) is 3. The van der Waals surface area contributed by atoms with E-state index < -0.39 is 28.5 Å². The second-order valence-corrected chi connectivity index (χ2v) is 8.71. The number of benzene rings is 2. The first-order chi connectivity index (χ1) is 16.3. The molecule has 0 fully saturated rings. The molecule has 0 bridgehead atoms. The summed E-state index contributed by atoms with van der Waals surface area (Å²) in [6.07, 6.45) is 1.27. The van der Waals surface area contributed by atoms with Crippen LogP contribution in [0.3, 0.4) is 0 Å². The Bertz CT molecular complexity index is 1140. The van der Waals surface area contributed by atoms with Gasteiger partial charge in [0.25, 0.3) is 5.91 Å². The van der Waals surface area contributed by atoms with E-state index >= 15 is 0 Å². The number of nitrogens with one attached hydrogen (secondary N) is 2. The van der Waals surface area contributed by atoms with Crippen molar-refractivity contribution in [1.82, 2.24) is 15.6 Å². The summed E-state index contributed by atoms with van der Waals surface area (Å²) >= 11 is 1.13. The molecule has 2 aromatic rings. The van der Waals surface area contributed by atoms with Gasteiger partial charge in [0.15, 0.2) is 6.19 Å². The Morgan fingerprint density at radius 2 is 2.06 bits per heavy atom. The van der Waals surface area contributed by atoms with Crippen molar-refractivity contribution in [2.45, 2.75) is 30.7 Å². The molecule has 178 valence electrons. The number of amides is 1. The molecule has 0 radical (unpaired) electrons. The van der Waals surface area contributed by atoms with Crippen molar-refractivity contribution in [1.29, 1.82) is 5.26 Å². The van der Waals surface area contributed by atoms with Crippen molar-refractivity contribution in [3.63, 3.8) is 0 Å². The van der Waals surface area contributed by atoms with Crippen molar-refractivity contribution < 1.29 is 18.7 Å². The van der Waals surface area contributed by atoms with E-state index in [1.165, 1.54) is 19.0 Å². The number of hydrazone groups is 1. The summed E-state index contributed by atoms with van der Waals surface area (Å²) in [4.78, 5) is 15.9. The molecule has 0 spiro atoms. The lowest BCUT2D eigenvalue weighted by molar-refractivity contribution is -0.143. The van der Waals surface area contributed by atoms with Crippen LogP contribution < -0.4 is 10.6 Å².